The first-order valence-electron chi connectivity index (χ1n) is 14.4. The van der Waals surface area contributed by atoms with E-state index in [1.54, 1.807) is 10.8 Å². The van der Waals surface area contributed by atoms with E-state index in [9.17, 15) is 9.59 Å². The first-order valence-corrected chi connectivity index (χ1v) is 14.4. The van der Waals surface area contributed by atoms with E-state index in [1.165, 1.54) is 36.5 Å². The van der Waals surface area contributed by atoms with Crippen LogP contribution in [0.2, 0.25) is 0 Å². The van der Waals surface area contributed by atoms with Gasteiger partial charge in [0.25, 0.3) is 0 Å². The summed E-state index contributed by atoms with van der Waals surface area (Å²) in [5.74, 6) is 1.42. The number of aromatic amines is 1. The quantitative estimate of drug-likeness (QED) is 0.402. The summed E-state index contributed by atoms with van der Waals surface area (Å²) >= 11 is 0. The van der Waals surface area contributed by atoms with Crippen molar-refractivity contribution in [1.82, 2.24) is 29.3 Å². The van der Waals surface area contributed by atoms with Crippen molar-refractivity contribution in [3.63, 3.8) is 0 Å². The number of nitrogens with zero attached hydrogens (tertiary/aromatic N) is 5. The number of piperidine rings is 1. The molecule has 1 amide bonds. The van der Waals surface area contributed by atoms with Crippen molar-refractivity contribution in [2.24, 2.45) is 11.3 Å². The lowest BCUT2D eigenvalue weighted by Gasteiger charge is -2.56. The summed E-state index contributed by atoms with van der Waals surface area (Å²) in [6, 6.07) is 9.51. The maximum atomic E-state index is 12.1. The van der Waals surface area contributed by atoms with E-state index in [-0.39, 0.29) is 17.6 Å². The number of H-pyrrole nitrogens is 1. The van der Waals surface area contributed by atoms with Gasteiger partial charge in [-0.1, -0.05) is 43.7 Å². The zero-order chi connectivity index (χ0) is 27.1. The average Bonchev–Trinajstić information content (AvgIpc) is 3.70. The molecule has 6 rings (SSSR count). The molecule has 3 aromatic rings. The minimum Gasteiger partial charge on any atom is -0.348 e. The third-order valence-corrected chi connectivity index (χ3v) is 9.08. The Bertz CT molecular complexity index is 1410. The van der Waals surface area contributed by atoms with Crippen molar-refractivity contribution in [3.8, 4) is 0 Å². The molecule has 1 unspecified atom stereocenters. The summed E-state index contributed by atoms with van der Waals surface area (Å²) in [6.45, 7) is 12.2. The molecule has 0 bridgehead atoms. The van der Waals surface area contributed by atoms with E-state index in [2.05, 4.69) is 62.9 Å². The molecule has 2 atom stereocenters. The third-order valence-electron chi connectivity index (χ3n) is 9.08. The Morgan fingerprint density at radius 1 is 1.21 bits per heavy atom. The Hall–Kier alpha value is -3.46. The SMILES string of the molecule is C=CC(=O)N1CCC2(CC1)CN(C(CC1CC1)c1ccc([C@H](C)Nc3ncc4[nH]c(=O)n(CC)c4n3)cc1)C2. The second-order valence-electron chi connectivity index (χ2n) is 11.8. The summed E-state index contributed by atoms with van der Waals surface area (Å²) in [4.78, 5) is 40.5. The molecule has 1 saturated carbocycles. The first kappa shape index (κ1) is 25.8. The molecule has 206 valence electrons. The number of benzene rings is 1. The lowest BCUT2D eigenvalue weighted by Crippen LogP contribution is -2.61. The van der Waals surface area contributed by atoms with Crippen LogP contribution in [-0.2, 0) is 11.3 Å². The number of nitrogens with one attached hydrogen (secondary N) is 2. The van der Waals surface area contributed by atoms with Gasteiger partial charge in [-0.25, -0.2) is 9.78 Å². The van der Waals surface area contributed by atoms with E-state index in [0.29, 0.717) is 35.1 Å². The summed E-state index contributed by atoms with van der Waals surface area (Å²) < 4.78 is 1.62. The fourth-order valence-corrected chi connectivity index (χ4v) is 6.44. The van der Waals surface area contributed by atoms with Crippen molar-refractivity contribution in [1.29, 1.82) is 0 Å². The Morgan fingerprint density at radius 3 is 2.54 bits per heavy atom. The van der Waals surface area contributed by atoms with E-state index in [0.717, 1.165) is 44.9 Å². The van der Waals surface area contributed by atoms with Gasteiger partial charge in [0, 0.05) is 38.8 Å². The van der Waals surface area contributed by atoms with Crippen LogP contribution in [-0.4, -0.2) is 61.4 Å². The molecule has 2 saturated heterocycles. The van der Waals surface area contributed by atoms with Gasteiger partial charge >= 0.3 is 5.69 Å². The zero-order valence-electron chi connectivity index (χ0n) is 23.0. The number of likely N-dealkylation sites (tertiary alicyclic amines) is 2. The van der Waals surface area contributed by atoms with Gasteiger partial charge < -0.3 is 15.2 Å². The summed E-state index contributed by atoms with van der Waals surface area (Å²) in [5, 5.41) is 3.41. The van der Waals surface area contributed by atoms with Crippen molar-refractivity contribution in [2.75, 3.05) is 31.5 Å². The number of hydrogen-bond donors (Lipinski definition) is 2. The minimum absolute atomic E-state index is 0.0230. The number of rotatable bonds is 9. The minimum atomic E-state index is -0.162. The number of carbonyl (C=O) groups excluding carboxylic acids is 1. The van der Waals surface area contributed by atoms with Gasteiger partial charge in [-0.05, 0) is 61.6 Å². The van der Waals surface area contributed by atoms with Crippen LogP contribution in [0.1, 0.15) is 69.2 Å². The molecule has 2 aliphatic heterocycles. The lowest BCUT2D eigenvalue weighted by atomic mass is 9.70. The van der Waals surface area contributed by atoms with Crippen LogP contribution in [0.5, 0.6) is 0 Å². The zero-order valence-corrected chi connectivity index (χ0v) is 23.0. The maximum absolute atomic E-state index is 12.1. The molecule has 39 heavy (non-hydrogen) atoms. The van der Waals surface area contributed by atoms with Crippen LogP contribution in [0.15, 0.2) is 47.9 Å². The fourth-order valence-electron chi connectivity index (χ4n) is 6.44. The first-order chi connectivity index (χ1) is 18.9. The average molecular weight is 530 g/mol. The van der Waals surface area contributed by atoms with Gasteiger partial charge in [-0.15, -0.1) is 0 Å². The van der Waals surface area contributed by atoms with Crippen molar-refractivity contribution >= 4 is 23.0 Å². The molecular formula is C30H39N7O2. The van der Waals surface area contributed by atoms with E-state index in [1.807, 2.05) is 11.8 Å². The van der Waals surface area contributed by atoms with E-state index in [4.69, 9.17) is 0 Å². The van der Waals surface area contributed by atoms with Crippen molar-refractivity contribution in [2.45, 2.75) is 64.6 Å². The van der Waals surface area contributed by atoms with Crippen molar-refractivity contribution in [3.05, 3.63) is 64.7 Å². The van der Waals surface area contributed by atoms with Crippen LogP contribution >= 0.6 is 0 Å². The van der Waals surface area contributed by atoms with Gasteiger partial charge in [0.1, 0.15) is 5.52 Å². The molecule has 3 aliphatic rings. The Morgan fingerprint density at radius 2 is 1.90 bits per heavy atom. The summed E-state index contributed by atoms with van der Waals surface area (Å²) in [5.41, 5.74) is 4.04. The number of anilines is 1. The highest BCUT2D eigenvalue weighted by atomic mass is 16.2. The number of imidazole rings is 1. The van der Waals surface area contributed by atoms with Gasteiger partial charge in [-0.3, -0.25) is 14.3 Å². The highest BCUT2D eigenvalue weighted by Gasteiger charge is 2.48. The number of amides is 1. The van der Waals surface area contributed by atoms with Gasteiger partial charge in [0.2, 0.25) is 11.9 Å². The molecule has 0 radical (unpaired) electrons. The second kappa shape index (κ2) is 10.3. The molecule has 2 N–H and O–H groups in total. The highest BCUT2D eigenvalue weighted by Crippen LogP contribution is 2.48. The molecule has 9 nitrogen and oxygen atoms in total. The summed E-state index contributed by atoms with van der Waals surface area (Å²) in [7, 11) is 0. The molecular weight excluding hydrogens is 490 g/mol. The molecule has 3 fully saturated rings. The van der Waals surface area contributed by atoms with Crippen LogP contribution in [0.25, 0.3) is 11.2 Å². The third kappa shape index (κ3) is 5.12. The largest absolute Gasteiger partial charge is 0.348 e. The number of carbonyl (C=O) groups is 1. The van der Waals surface area contributed by atoms with E-state index >= 15 is 0 Å². The number of aromatic nitrogens is 4. The predicted octanol–water partition coefficient (Wildman–Crippen LogP) is 4.26. The lowest BCUT2D eigenvalue weighted by molar-refractivity contribution is -0.132. The predicted molar refractivity (Wildman–Crippen MR) is 152 cm³/mol. The van der Waals surface area contributed by atoms with Crippen LogP contribution in [0.3, 0.4) is 0 Å². The second-order valence-corrected chi connectivity index (χ2v) is 11.8. The Kier molecular flexibility index (Phi) is 6.79. The smallest absolute Gasteiger partial charge is 0.327 e. The number of hydrogen-bond acceptors (Lipinski definition) is 6. The number of fused-ring (bicyclic) bond motifs is 1. The van der Waals surface area contributed by atoms with Crippen molar-refractivity contribution < 1.29 is 4.79 Å². The molecule has 9 heteroatoms. The normalized spacial score (nSPS) is 20.5. The van der Waals surface area contributed by atoms with E-state index < -0.39 is 0 Å². The highest BCUT2D eigenvalue weighted by molar-refractivity contribution is 5.87. The van der Waals surface area contributed by atoms with Crippen LogP contribution in [0, 0.1) is 11.3 Å². The molecule has 1 aromatic carbocycles. The molecule has 1 spiro atoms. The molecule has 2 aromatic heterocycles. The standard InChI is InChI=1S/C30H39N7O2/c1-4-26(38)35-14-12-30(13-15-35)18-36(19-30)25(16-21-6-7-21)23-10-8-22(9-11-23)20(3)32-28-31-17-24-27(34-28)37(5-2)29(39)33-24/h4,8-11,17,20-21,25H,1,5-7,12-16,18-19H2,2-3H3,(H,33,39)(H,31,32,34)/t20-,25?/m0/s1. The maximum Gasteiger partial charge on any atom is 0.327 e. The Labute approximate surface area is 229 Å². The van der Waals surface area contributed by atoms with Gasteiger partial charge in [0.15, 0.2) is 5.65 Å². The summed E-state index contributed by atoms with van der Waals surface area (Å²) in [6.07, 6.45) is 9.22. The fraction of sp³-hybridized carbons (Fsp3) is 0.533. The molecule has 4 heterocycles. The van der Waals surface area contributed by atoms with Gasteiger partial charge in [0.05, 0.1) is 12.2 Å². The monoisotopic (exact) mass is 529 g/mol. The van der Waals surface area contributed by atoms with Crippen LogP contribution in [0.4, 0.5) is 5.95 Å². The Balaban J connectivity index is 1.11. The molecule has 1 aliphatic carbocycles. The van der Waals surface area contributed by atoms with Gasteiger partial charge in [-0.2, -0.15) is 4.98 Å². The number of aryl methyl sites for hydroxylation is 1. The van der Waals surface area contributed by atoms with Crippen LogP contribution < -0.4 is 11.0 Å². The topological polar surface area (TPSA) is 99.2 Å².